The predicted octanol–water partition coefficient (Wildman–Crippen LogP) is 4.33. The number of hydrogen-bond donors (Lipinski definition) is 1. The highest BCUT2D eigenvalue weighted by Gasteiger charge is 2.20. The molecule has 1 aromatic carbocycles. The van der Waals surface area contributed by atoms with Crippen LogP contribution in [0.5, 0.6) is 0 Å². The van der Waals surface area contributed by atoms with Gasteiger partial charge in [0.25, 0.3) is 0 Å². The Kier molecular flexibility index (Phi) is 5.10. The SMILES string of the molecule is CCNC(c1ccc(F)c(Cl)c1)C(C)c1ccncc1. The fourth-order valence-electron chi connectivity index (χ4n) is 2.37. The Bertz CT molecular complexity index is 560. The highest BCUT2D eigenvalue weighted by Crippen LogP contribution is 2.32. The molecule has 1 N–H and O–H groups in total. The van der Waals surface area contributed by atoms with Crippen LogP contribution in [0.25, 0.3) is 0 Å². The number of likely N-dealkylation sites (N-methyl/N-ethyl adjacent to an activating group) is 1. The van der Waals surface area contributed by atoms with Crippen LogP contribution >= 0.6 is 11.6 Å². The largest absolute Gasteiger partial charge is 0.310 e. The average Bonchev–Trinajstić information content (AvgIpc) is 2.48. The monoisotopic (exact) mass is 292 g/mol. The number of hydrogen-bond acceptors (Lipinski definition) is 2. The lowest BCUT2D eigenvalue weighted by molar-refractivity contribution is 0.478. The topological polar surface area (TPSA) is 24.9 Å². The molecule has 2 atom stereocenters. The summed E-state index contributed by atoms with van der Waals surface area (Å²) in [6, 6.07) is 8.98. The molecule has 4 heteroatoms. The maximum atomic E-state index is 13.3. The van der Waals surface area contributed by atoms with Gasteiger partial charge in [0, 0.05) is 24.4 Å². The molecule has 0 amide bonds. The van der Waals surface area contributed by atoms with Gasteiger partial charge in [-0.25, -0.2) is 4.39 Å². The molecule has 1 heterocycles. The van der Waals surface area contributed by atoms with Crippen molar-refractivity contribution >= 4 is 11.6 Å². The van der Waals surface area contributed by atoms with Crippen molar-refractivity contribution < 1.29 is 4.39 Å². The Hall–Kier alpha value is -1.45. The fourth-order valence-corrected chi connectivity index (χ4v) is 2.56. The van der Waals surface area contributed by atoms with Crippen molar-refractivity contribution in [1.29, 1.82) is 0 Å². The normalized spacial score (nSPS) is 14.0. The summed E-state index contributed by atoms with van der Waals surface area (Å²) in [5, 5.41) is 3.60. The van der Waals surface area contributed by atoms with Crippen molar-refractivity contribution in [3.63, 3.8) is 0 Å². The van der Waals surface area contributed by atoms with Gasteiger partial charge in [-0.05, 0) is 41.9 Å². The highest BCUT2D eigenvalue weighted by molar-refractivity contribution is 6.30. The minimum atomic E-state index is -0.387. The van der Waals surface area contributed by atoms with Crippen LogP contribution < -0.4 is 5.32 Å². The van der Waals surface area contributed by atoms with Gasteiger partial charge >= 0.3 is 0 Å². The molecular weight excluding hydrogens is 275 g/mol. The zero-order chi connectivity index (χ0) is 14.5. The van der Waals surface area contributed by atoms with Crippen molar-refractivity contribution in [1.82, 2.24) is 10.3 Å². The molecule has 0 aliphatic carbocycles. The van der Waals surface area contributed by atoms with E-state index in [-0.39, 0.29) is 22.8 Å². The average molecular weight is 293 g/mol. The molecule has 2 unspecified atom stereocenters. The van der Waals surface area contributed by atoms with Gasteiger partial charge in [0.2, 0.25) is 0 Å². The summed E-state index contributed by atoms with van der Waals surface area (Å²) in [5.74, 6) is -0.151. The molecule has 106 valence electrons. The summed E-state index contributed by atoms with van der Waals surface area (Å²) < 4.78 is 13.3. The summed E-state index contributed by atoms with van der Waals surface area (Å²) in [6.45, 7) is 5.02. The first kappa shape index (κ1) is 14.9. The van der Waals surface area contributed by atoms with Gasteiger partial charge in [0.1, 0.15) is 5.82 Å². The lowest BCUT2D eigenvalue weighted by Gasteiger charge is -2.26. The van der Waals surface area contributed by atoms with E-state index in [9.17, 15) is 4.39 Å². The van der Waals surface area contributed by atoms with Crippen molar-refractivity contribution in [3.05, 3.63) is 64.7 Å². The third-order valence-electron chi connectivity index (χ3n) is 3.46. The number of halogens is 2. The van der Waals surface area contributed by atoms with Crippen LogP contribution in [-0.2, 0) is 0 Å². The van der Waals surface area contributed by atoms with E-state index in [1.165, 1.54) is 11.6 Å². The lowest BCUT2D eigenvalue weighted by Crippen LogP contribution is -2.25. The molecule has 0 bridgehead atoms. The van der Waals surface area contributed by atoms with E-state index in [2.05, 4.69) is 24.1 Å². The molecule has 1 aromatic heterocycles. The number of aromatic nitrogens is 1. The highest BCUT2D eigenvalue weighted by atomic mass is 35.5. The van der Waals surface area contributed by atoms with Crippen molar-refractivity contribution in [2.45, 2.75) is 25.8 Å². The van der Waals surface area contributed by atoms with E-state index < -0.39 is 0 Å². The number of nitrogens with zero attached hydrogens (tertiary/aromatic N) is 1. The van der Waals surface area contributed by atoms with E-state index in [4.69, 9.17) is 11.6 Å². The Morgan fingerprint density at radius 3 is 2.50 bits per heavy atom. The van der Waals surface area contributed by atoms with Gasteiger partial charge in [0.15, 0.2) is 0 Å². The minimum absolute atomic E-state index is 0.0838. The van der Waals surface area contributed by atoms with Gasteiger partial charge in [-0.15, -0.1) is 0 Å². The van der Waals surface area contributed by atoms with E-state index in [1.54, 1.807) is 24.5 Å². The van der Waals surface area contributed by atoms with Crippen LogP contribution in [0.15, 0.2) is 42.7 Å². The first-order valence-electron chi connectivity index (χ1n) is 6.71. The Balaban J connectivity index is 2.33. The summed E-state index contributed by atoms with van der Waals surface area (Å²) in [6.07, 6.45) is 3.57. The van der Waals surface area contributed by atoms with Crippen molar-refractivity contribution in [2.75, 3.05) is 6.54 Å². The molecule has 2 aromatic rings. The summed E-state index contributed by atoms with van der Waals surface area (Å²) in [7, 11) is 0. The molecule has 0 fully saturated rings. The fraction of sp³-hybridized carbons (Fsp3) is 0.312. The van der Waals surface area contributed by atoms with Gasteiger partial charge < -0.3 is 5.32 Å². The van der Waals surface area contributed by atoms with Gasteiger partial charge in [-0.1, -0.05) is 31.5 Å². The van der Waals surface area contributed by atoms with Crippen molar-refractivity contribution in [2.24, 2.45) is 0 Å². The summed E-state index contributed by atoms with van der Waals surface area (Å²) >= 11 is 5.90. The van der Waals surface area contributed by atoms with Crippen LogP contribution in [0.4, 0.5) is 4.39 Å². The quantitative estimate of drug-likeness (QED) is 0.887. The molecule has 0 spiro atoms. The minimum Gasteiger partial charge on any atom is -0.310 e. The number of nitrogens with one attached hydrogen (secondary N) is 1. The van der Waals surface area contributed by atoms with Crippen LogP contribution in [0, 0.1) is 5.82 Å². The summed E-state index contributed by atoms with van der Waals surface area (Å²) in [5.41, 5.74) is 2.17. The number of pyridine rings is 1. The number of rotatable bonds is 5. The molecule has 0 aliphatic rings. The van der Waals surface area contributed by atoms with Crippen LogP contribution in [-0.4, -0.2) is 11.5 Å². The molecule has 0 saturated heterocycles. The van der Waals surface area contributed by atoms with E-state index in [0.29, 0.717) is 0 Å². The zero-order valence-electron chi connectivity index (χ0n) is 11.6. The number of benzene rings is 1. The van der Waals surface area contributed by atoms with E-state index >= 15 is 0 Å². The molecule has 20 heavy (non-hydrogen) atoms. The maximum Gasteiger partial charge on any atom is 0.141 e. The van der Waals surface area contributed by atoms with Crippen LogP contribution in [0.1, 0.15) is 36.9 Å². The Morgan fingerprint density at radius 2 is 1.90 bits per heavy atom. The smallest absolute Gasteiger partial charge is 0.141 e. The second-order valence-corrected chi connectivity index (χ2v) is 5.19. The van der Waals surface area contributed by atoms with Gasteiger partial charge in [-0.3, -0.25) is 4.98 Å². The summed E-state index contributed by atoms with van der Waals surface area (Å²) in [4.78, 5) is 4.04. The Morgan fingerprint density at radius 1 is 1.20 bits per heavy atom. The molecule has 0 saturated carbocycles. The third kappa shape index (κ3) is 3.35. The molecule has 0 aliphatic heterocycles. The first-order chi connectivity index (χ1) is 9.63. The maximum absolute atomic E-state index is 13.3. The second-order valence-electron chi connectivity index (χ2n) is 4.78. The van der Waals surface area contributed by atoms with Crippen LogP contribution in [0.2, 0.25) is 5.02 Å². The van der Waals surface area contributed by atoms with E-state index in [0.717, 1.165) is 12.1 Å². The first-order valence-corrected chi connectivity index (χ1v) is 7.09. The predicted molar refractivity (Wildman–Crippen MR) is 80.5 cm³/mol. The Labute approximate surface area is 124 Å². The molecule has 2 rings (SSSR count). The van der Waals surface area contributed by atoms with Crippen molar-refractivity contribution in [3.8, 4) is 0 Å². The molecule has 0 radical (unpaired) electrons. The third-order valence-corrected chi connectivity index (χ3v) is 3.75. The molecule has 2 nitrogen and oxygen atoms in total. The van der Waals surface area contributed by atoms with Crippen LogP contribution in [0.3, 0.4) is 0 Å². The molecular formula is C16H18ClFN2. The second kappa shape index (κ2) is 6.82. The standard InChI is InChI=1S/C16H18ClFN2/c1-3-20-16(11(2)12-6-8-19-9-7-12)13-4-5-15(18)14(17)10-13/h4-11,16,20H,3H2,1-2H3. The van der Waals surface area contributed by atoms with E-state index in [1.807, 2.05) is 12.1 Å². The zero-order valence-corrected chi connectivity index (χ0v) is 12.4. The van der Waals surface area contributed by atoms with Gasteiger partial charge in [0.05, 0.1) is 5.02 Å². The lowest BCUT2D eigenvalue weighted by atomic mass is 9.89. The van der Waals surface area contributed by atoms with Gasteiger partial charge in [-0.2, -0.15) is 0 Å².